The molecule has 3 amide bonds. The quantitative estimate of drug-likeness (QED) is 0.157. The third-order valence-electron chi connectivity index (χ3n) is 7.84. The van der Waals surface area contributed by atoms with Crippen molar-refractivity contribution >= 4 is 35.6 Å². The molecule has 3 N–H and O–H groups in total. The highest BCUT2D eigenvalue weighted by Crippen LogP contribution is 2.31. The van der Waals surface area contributed by atoms with Crippen LogP contribution in [-0.2, 0) is 30.3 Å². The summed E-state index contributed by atoms with van der Waals surface area (Å²) < 4.78 is 11.3. The number of phenolic OH excluding ortho intramolecular Hbond substituents is 1. The van der Waals surface area contributed by atoms with Crippen molar-refractivity contribution in [3.63, 3.8) is 0 Å². The zero-order valence-corrected chi connectivity index (χ0v) is 32.6. The van der Waals surface area contributed by atoms with E-state index in [0.717, 1.165) is 12.0 Å². The maximum atomic E-state index is 14.8. The number of benzene rings is 2. The van der Waals surface area contributed by atoms with Crippen molar-refractivity contribution in [1.29, 1.82) is 0 Å². The van der Waals surface area contributed by atoms with Crippen molar-refractivity contribution in [3.8, 4) is 5.75 Å². The summed E-state index contributed by atoms with van der Waals surface area (Å²) in [5.41, 5.74) is 0.183. The first kappa shape index (κ1) is 42.4. The number of amides is 3. The average Bonchev–Trinajstić information content (AvgIpc) is 3.00. The van der Waals surface area contributed by atoms with Crippen LogP contribution in [-0.4, -0.2) is 75.2 Å². The van der Waals surface area contributed by atoms with Crippen molar-refractivity contribution in [2.75, 3.05) is 12.0 Å². The normalized spacial score (nSPS) is 14.2. The van der Waals surface area contributed by atoms with Crippen LogP contribution in [0.2, 0.25) is 0 Å². The first-order valence-corrected chi connectivity index (χ1v) is 18.8. The van der Waals surface area contributed by atoms with Gasteiger partial charge in [-0.1, -0.05) is 50.2 Å². The van der Waals surface area contributed by atoms with Gasteiger partial charge in [0.2, 0.25) is 11.8 Å². The Kier molecular flexibility index (Phi) is 16.2. The van der Waals surface area contributed by atoms with E-state index in [1.165, 1.54) is 22.7 Å². The molecule has 50 heavy (non-hydrogen) atoms. The van der Waals surface area contributed by atoms with E-state index in [4.69, 9.17) is 9.47 Å². The fourth-order valence-electron chi connectivity index (χ4n) is 5.39. The molecule has 0 fully saturated rings. The van der Waals surface area contributed by atoms with Gasteiger partial charge in [-0.15, -0.1) is 0 Å². The Bertz CT molecular complexity index is 1420. The zero-order chi connectivity index (χ0) is 37.8. The maximum Gasteiger partial charge on any atom is 0.408 e. The van der Waals surface area contributed by atoms with Crippen LogP contribution >= 0.6 is 11.8 Å². The number of carbonyl (C=O) groups excluding carboxylic acids is 4. The van der Waals surface area contributed by atoms with E-state index < -0.39 is 59.2 Å². The van der Waals surface area contributed by atoms with Crippen LogP contribution in [0.5, 0.6) is 5.75 Å². The number of carbonyl (C=O) groups is 4. The van der Waals surface area contributed by atoms with Crippen molar-refractivity contribution in [3.05, 3.63) is 65.2 Å². The monoisotopic (exact) mass is 713 g/mol. The van der Waals surface area contributed by atoms with Gasteiger partial charge in [0.15, 0.2) is 0 Å². The molecule has 0 bridgehead atoms. The van der Waals surface area contributed by atoms with Gasteiger partial charge in [-0.3, -0.25) is 9.59 Å². The zero-order valence-electron chi connectivity index (χ0n) is 31.8. The molecule has 0 aromatic heterocycles. The predicted molar refractivity (Wildman–Crippen MR) is 200 cm³/mol. The topological polar surface area (TPSA) is 134 Å². The van der Waals surface area contributed by atoms with Gasteiger partial charge in [-0.2, -0.15) is 11.8 Å². The van der Waals surface area contributed by atoms with Crippen LogP contribution in [0.3, 0.4) is 0 Å². The number of alkyl carbamates (subject to hydrolysis) is 1. The largest absolute Gasteiger partial charge is 0.508 e. The molecule has 4 unspecified atom stereocenters. The molecule has 2 rings (SSSR count). The highest BCUT2D eigenvalue weighted by molar-refractivity contribution is 7.98. The number of aromatic hydroxyl groups is 1. The lowest BCUT2D eigenvalue weighted by atomic mass is 9.95. The fourth-order valence-corrected chi connectivity index (χ4v) is 5.86. The predicted octanol–water partition coefficient (Wildman–Crippen LogP) is 7.11. The minimum atomic E-state index is -1.22. The molecule has 2 aromatic carbocycles. The number of hydrogen-bond acceptors (Lipinski definition) is 8. The van der Waals surface area contributed by atoms with Crippen molar-refractivity contribution in [2.45, 2.75) is 130 Å². The molecule has 0 saturated heterocycles. The molecule has 0 aliphatic rings. The Labute approximate surface area is 303 Å². The van der Waals surface area contributed by atoms with Gasteiger partial charge in [-0.25, -0.2) is 9.59 Å². The van der Waals surface area contributed by atoms with Crippen molar-refractivity contribution in [1.82, 2.24) is 15.5 Å². The molecule has 0 saturated carbocycles. The van der Waals surface area contributed by atoms with E-state index in [-0.39, 0.29) is 12.2 Å². The molecule has 278 valence electrons. The third-order valence-corrected chi connectivity index (χ3v) is 8.49. The fraction of sp³-hybridized carbons (Fsp3) is 0.590. The van der Waals surface area contributed by atoms with Crippen LogP contribution in [0.25, 0.3) is 0 Å². The lowest BCUT2D eigenvalue weighted by molar-refractivity contribution is -0.159. The molecular weight excluding hydrogens is 655 g/mol. The molecule has 0 heterocycles. The van der Waals surface area contributed by atoms with Gasteiger partial charge in [-0.05, 0) is 121 Å². The summed E-state index contributed by atoms with van der Waals surface area (Å²) in [5.74, 6) is -0.721. The first-order chi connectivity index (χ1) is 23.2. The van der Waals surface area contributed by atoms with Gasteiger partial charge < -0.3 is 30.1 Å². The Balaban J connectivity index is 2.74. The Morgan fingerprint density at radius 3 is 2.00 bits per heavy atom. The molecule has 4 atom stereocenters. The number of ether oxygens (including phenoxy) is 2. The summed E-state index contributed by atoms with van der Waals surface area (Å²) in [5, 5.41) is 16.2. The maximum absolute atomic E-state index is 14.8. The van der Waals surface area contributed by atoms with Crippen LogP contribution < -0.4 is 10.6 Å². The smallest absolute Gasteiger partial charge is 0.408 e. The second-order valence-corrected chi connectivity index (χ2v) is 16.3. The van der Waals surface area contributed by atoms with Gasteiger partial charge in [0.05, 0.1) is 0 Å². The molecule has 10 nitrogen and oxygen atoms in total. The molecule has 0 aliphatic carbocycles. The van der Waals surface area contributed by atoms with Crippen LogP contribution in [0, 0.1) is 12.8 Å². The Morgan fingerprint density at radius 2 is 1.46 bits per heavy atom. The summed E-state index contributed by atoms with van der Waals surface area (Å²) in [4.78, 5) is 57.8. The highest BCUT2D eigenvalue weighted by Gasteiger charge is 2.40. The number of thioether (sulfide) groups is 1. The number of rotatable bonds is 16. The Morgan fingerprint density at radius 1 is 0.840 bits per heavy atom. The van der Waals surface area contributed by atoms with Crippen LogP contribution in [0.15, 0.2) is 48.5 Å². The third kappa shape index (κ3) is 14.2. The van der Waals surface area contributed by atoms with E-state index >= 15 is 0 Å². The number of nitrogens with zero attached hydrogens (tertiary/aromatic N) is 1. The number of aryl methyl sites for hydroxylation is 1. The number of esters is 1. The van der Waals surface area contributed by atoms with E-state index in [1.54, 1.807) is 60.6 Å². The van der Waals surface area contributed by atoms with E-state index in [1.807, 2.05) is 43.5 Å². The molecule has 0 aliphatic heterocycles. The minimum Gasteiger partial charge on any atom is -0.508 e. The molecular formula is C39H59N3O7S. The van der Waals surface area contributed by atoms with Crippen LogP contribution in [0.4, 0.5) is 4.79 Å². The molecule has 2 aromatic rings. The van der Waals surface area contributed by atoms with E-state index in [2.05, 4.69) is 24.5 Å². The standard InChI is InChI=1S/C39H59N3O7S/c1-25(2)17-18-27(4)42(35(45)30(21-22-50-11)41-37(47)49-39(8,9)10)33(29-19-20-32(43)26(3)23-29)34(44)40-31(36(46)48-38(5,6)7)24-28-15-13-12-14-16-28/h12-16,19-20,23,25,27,30-31,33,43H,17-18,21-22,24H2,1-11H3,(H,40,44)(H,41,47). The number of nitrogens with one attached hydrogen (secondary N) is 2. The van der Waals surface area contributed by atoms with Crippen molar-refractivity contribution < 1.29 is 33.8 Å². The minimum absolute atomic E-state index is 0.0405. The van der Waals surface area contributed by atoms with Gasteiger partial charge in [0.1, 0.15) is 35.1 Å². The van der Waals surface area contributed by atoms with Gasteiger partial charge in [0, 0.05) is 12.5 Å². The Hall–Kier alpha value is -3.73. The summed E-state index contributed by atoms with van der Waals surface area (Å²) >= 11 is 1.53. The van der Waals surface area contributed by atoms with Gasteiger partial charge >= 0.3 is 12.1 Å². The van der Waals surface area contributed by atoms with E-state index in [0.29, 0.717) is 35.6 Å². The molecule has 11 heteroatoms. The second-order valence-electron chi connectivity index (χ2n) is 15.3. The SMILES string of the molecule is CSCCC(NC(=O)OC(C)(C)C)C(=O)N(C(C)CCC(C)C)C(C(=O)NC(Cc1ccccc1)C(=O)OC(C)(C)C)c1ccc(O)c(C)c1. The van der Waals surface area contributed by atoms with Crippen LogP contribution in [0.1, 0.15) is 104 Å². The lowest BCUT2D eigenvalue weighted by Gasteiger charge is -2.39. The number of phenols is 1. The molecule has 0 spiro atoms. The van der Waals surface area contributed by atoms with Gasteiger partial charge in [0.25, 0.3) is 0 Å². The summed E-state index contributed by atoms with van der Waals surface area (Å²) in [6, 6.07) is 10.3. The summed E-state index contributed by atoms with van der Waals surface area (Å²) in [6.07, 6.45) is 2.99. The second kappa shape index (κ2) is 19.0. The van der Waals surface area contributed by atoms with E-state index in [9.17, 15) is 24.3 Å². The lowest BCUT2D eigenvalue weighted by Crippen LogP contribution is -2.57. The number of hydrogen-bond donors (Lipinski definition) is 3. The van der Waals surface area contributed by atoms with Crippen molar-refractivity contribution in [2.24, 2.45) is 5.92 Å². The first-order valence-electron chi connectivity index (χ1n) is 17.4. The summed E-state index contributed by atoms with van der Waals surface area (Å²) in [7, 11) is 0. The average molecular weight is 714 g/mol. The molecule has 0 radical (unpaired) electrons. The summed E-state index contributed by atoms with van der Waals surface area (Å²) in [6.45, 7) is 18.3. The highest BCUT2D eigenvalue weighted by atomic mass is 32.2.